The summed E-state index contributed by atoms with van der Waals surface area (Å²) in [6.45, 7) is 1.83. The van der Waals surface area contributed by atoms with Crippen LogP contribution in [0.4, 0.5) is 0 Å². The second-order valence-corrected chi connectivity index (χ2v) is 7.99. The number of rotatable bonds is 10. The number of aromatic nitrogens is 2. The molecule has 0 unspecified atom stereocenters. The van der Waals surface area contributed by atoms with Gasteiger partial charge in [0.05, 0.1) is 22.7 Å². The number of hydrogen-bond acceptors (Lipinski definition) is 3. The fraction of sp³-hybridized carbons (Fsp3) is 0.185. The van der Waals surface area contributed by atoms with Gasteiger partial charge >= 0.3 is 0 Å². The van der Waals surface area contributed by atoms with E-state index < -0.39 is 0 Å². The molecule has 0 saturated carbocycles. The third-order valence-electron chi connectivity index (χ3n) is 5.23. The second-order valence-electron chi connectivity index (χ2n) is 7.59. The van der Waals surface area contributed by atoms with Crippen LogP contribution in [0.25, 0.3) is 17.1 Å². The fourth-order valence-corrected chi connectivity index (χ4v) is 3.82. The summed E-state index contributed by atoms with van der Waals surface area (Å²) < 4.78 is 8.04. The number of fused-ring (bicyclic) bond motifs is 1. The zero-order valence-electron chi connectivity index (χ0n) is 18.3. The van der Waals surface area contributed by atoms with Crippen LogP contribution in [0.3, 0.4) is 0 Å². The molecule has 0 saturated heterocycles. The van der Waals surface area contributed by atoms with E-state index in [-0.39, 0.29) is 5.91 Å². The Labute approximate surface area is 198 Å². The molecule has 3 aromatic carbocycles. The molecule has 0 aliphatic rings. The second kappa shape index (κ2) is 11.3. The van der Waals surface area contributed by atoms with Gasteiger partial charge in [-0.2, -0.15) is 0 Å². The van der Waals surface area contributed by atoms with Gasteiger partial charge in [0.25, 0.3) is 0 Å². The average Bonchev–Trinajstić information content (AvgIpc) is 3.19. The van der Waals surface area contributed by atoms with Gasteiger partial charge in [0.1, 0.15) is 11.6 Å². The first-order valence-corrected chi connectivity index (χ1v) is 11.4. The molecule has 1 amide bonds. The average molecular weight is 460 g/mol. The van der Waals surface area contributed by atoms with Crippen molar-refractivity contribution in [3.63, 3.8) is 0 Å². The molecular formula is C27H26ClN3O2. The van der Waals surface area contributed by atoms with Crippen LogP contribution in [0.5, 0.6) is 5.75 Å². The first-order valence-electron chi connectivity index (χ1n) is 11.0. The molecule has 6 heteroatoms. The van der Waals surface area contributed by atoms with Crippen LogP contribution in [-0.2, 0) is 17.8 Å². The van der Waals surface area contributed by atoms with Crippen molar-refractivity contribution < 1.29 is 9.53 Å². The molecule has 0 atom stereocenters. The topological polar surface area (TPSA) is 56.2 Å². The van der Waals surface area contributed by atoms with Gasteiger partial charge in [0.15, 0.2) is 0 Å². The molecule has 0 radical (unpaired) electrons. The van der Waals surface area contributed by atoms with Crippen LogP contribution >= 0.6 is 11.6 Å². The molecule has 5 nitrogen and oxygen atoms in total. The van der Waals surface area contributed by atoms with Crippen molar-refractivity contribution in [3.8, 4) is 5.75 Å². The number of ether oxygens (including phenoxy) is 1. The number of imidazole rings is 1. The number of amides is 1. The van der Waals surface area contributed by atoms with E-state index in [1.54, 1.807) is 6.08 Å². The molecule has 0 aliphatic heterocycles. The Morgan fingerprint density at radius 1 is 1.00 bits per heavy atom. The third-order valence-corrected chi connectivity index (χ3v) is 5.54. The molecule has 4 rings (SSSR count). The maximum Gasteiger partial charge on any atom is 0.244 e. The Hall–Kier alpha value is -3.57. The minimum absolute atomic E-state index is 0.116. The lowest BCUT2D eigenvalue weighted by Crippen LogP contribution is -2.24. The van der Waals surface area contributed by atoms with Gasteiger partial charge in [0, 0.05) is 25.6 Å². The number of benzene rings is 3. The van der Waals surface area contributed by atoms with Crippen LogP contribution in [-0.4, -0.2) is 28.6 Å². The van der Waals surface area contributed by atoms with Crippen LogP contribution < -0.4 is 10.1 Å². The van der Waals surface area contributed by atoms with Gasteiger partial charge in [0.2, 0.25) is 5.91 Å². The number of aryl methyl sites for hydroxylation is 1. The predicted molar refractivity (Wildman–Crippen MR) is 133 cm³/mol. The number of nitrogens with one attached hydrogen (secondary N) is 1. The zero-order chi connectivity index (χ0) is 22.9. The molecule has 1 heterocycles. The van der Waals surface area contributed by atoms with E-state index in [0.29, 0.717) is 30.3 Å². The van der Waals surface area contributed by atoms with Gasteiger partial charge in [-0.25, -0.2) is 4.98 Å². The van der Waals surface area contributed by atoms with Crippen LogP contribution in [0.15, 0.2) is 84.9 Å². The first-order chi connectivity index (χ1) is 16.2. The Kier molecular flexibility index (Phi) is 7.77. The molecule has 0 fully saturated rings. The number of para-hydroxylation sites is 3. The van der Waals surface area contributed by atoms with Crippen LogP contribution in [0.2, 0.25) is 5.02 Å². The molecule has 168 valence electrons. The summed E-state index contributed by atoms with van der Waals surface area (Å²) in [4.78, 5) is 17.0. The highest BCUT2D eigenvalue weighted by Gasteiger charge is 2.11. The Balaban J connectivity index is 1.34. The van der Waals surface area contributed by atoms with E-state index in [2.05, 4.69) is 16.0 Å². The van der Waals surface area contributed by atoms with Crippen molar-refractivity contribution in [3.05, 3.63) is 101 Å². The highest BCUT2D eigenvalue weighted by Crippen LogP contribution is 2.23. The van der Waals surface area contributed by atoms with Crippen LogP contribution in [0, 0.1) is 0 Å². The molecule has 1 N–H and O–H groups in total. The van der Waals surface area contributed by atoms with Crippen molar-refractivity contribution in [2.75, 3.05) is 13.2 Å². The molecular weight excluding hydrogens is 434 g/mol. The SMILES string of the molecule is O=C(/C=C/c1ccccc1)NCCc1nc2ccccc2n1CCCOc1ccccc1Cl. The summed E-state index contributed by atoms with van der Waals surface area (Å²) in [5.41, 5.74) is 3.03. The van der Waals surface area contributed by atoms with Gasteiger partial charge in [-0.15, -0.1) is 0 Å². The summed E-state index contributed by atoms with van der Waals surface area (Å²) in [7, 11) is 0. The summed E-state index contributed by atoms with van der Waals surface area (Å²) in [6, 6.07) is 25.3. The fourth-order valence-electron chi connectivity index (χ4n) is 3.62. The number of hydrogen-bond donors (Lipinski definition) is 1. The standard InChI is InChI=1S/C27H26ClN3O2/c28-22-11-4-7-14-25(22)33-20-8-19-31-24-13-6-5-12-23(24)30-26(31)17-18-29-27(32)16-15-21-9-2-1-3-10-21/h1-7,9-16H,8,17-20H2,(H,29,32)/b16-15+. The molecule has 33 heavy (non-hydrogen) atoms. The van der Waals surface area contributed by atoms with Crippen LogP contribution in [0.1, 0.15) is 17.8 Å². The van der Waals surface area contributed by atoms with Gasteiger partial charge in [-0.05, 0) is 42.3 Å². The van der Waals surface area contributed by atoms with Gasteiger partial charge in [-0.3, -0.25) is 4.79 Å². The van der Waals surface area contributed by atoms with E-state index in [1.807, 2.05) is 78.9 Å². The lowest BCUT2D eigenvalue weighted by atomic mass is 10.2. The number of carbonyl (C=O) groups excluding carboxylic acids is 1. The first kappa shape index (κ1) is 22.6. The molecule has 0 spiro atoms. The van der Waals surface area contributed by atoms with Gasteiger partial charge < -0.3 is 14.6 Å². The van der Waals surface area contributed by atoms with Crippen molar-refractivity contribution in [1.82, 2.24) is 14.9 Å². The predicted octanol–water partition coefficient (Wildman–Crippen LogP) is 5.53. The molecule has 0 aliphatic carbocycles. The number of halogens is 1. The Bertz CT molecular complexity index is 1230. The van der Waals surface area contributed by atoms with E-state index >= 15 is 0 Å². The molecule has 0 bridgehead atoms. The minimum Gasteiger partial charge on any atom is -0.492 e. The summed E-state index contributed by atoms with van der Waals surface area (Å²) in [6.07, 6.45) is 4.82. The number of carbonyl (C=O) groups is 1. The summed E-state index contributed by atoms with van der Waals surface area (Å²) in [5, 5.41) is 3.56. The molecule has 4 aromatic rings. The largest absolute Gasteiger partial charge is 0.492 e. The summed E-state index contributed by atoms with van der Waals surface area (Å²) in [5.74, 6) is 1.53. The minimum atomic E-state index is -0.116. The normalized spacial score (nSPS) is 11.2. The Morgan fingerprint density at radius 3 is 2.61 bits per heavy atom. The van der Waals surface area contributed by atoms with E-state index in [1.165, 1.54) is 0 Å². The highest BCUT2D eigenvalue weighted by molar-refractivity contribution is 6.32. The summed E-state index contributed by atoms with van der Waals surface area (Å²) >= 11 is 6.17. The number of nitrogens with zero attached hydrogens (tertiary/aromatic N) is 2. The zero-order valence-corrected chi connectivity index (χ0v) is 19.0. The van der Waals surface area contributed by atoms with E-state index in [4.69, 9.17) is 21.3 Å². The lowest BCUT2D eigenvalue weighted by Gasteiger charge is -2.11. The monoisotopic (exact) mass is 459 g/mol. The highest BCUT2D eigenvalue weighted by atomic mass is 35.5. The van der Waals surface area contributed by atoms with Crippen molar-refractivity contribution in [2.24, 2.45) is 0 Å². The quantitative estimate of drug-likeness (QED) is 0.250. The third kappa shape index (κ3) is 6.24. The van der Waals surface area contributed by atoms with E-state index in [9.17, 15) is 4.79 Å². The van der Waals surface area contributed by atoms with Gasteiger partial charge in [-0.1, -0.05) is 66.2 Å². The van der Waals surface area contributed by atoms with E-state index in [0.717, 1.165) is 35.4 Å². The lowest BCUT2D eigenvalue weighted by molar-refractivity contribution is -0.116. The maximum absolute atomic E-state index is 12.2. The molecule has 1 aromatic heterocycles. The smallest absolute Gasteiger partial charge is 0.244 e. The Morgan fingerprint density at radius 2 is 1.76 bits per heavy atom. The van der Waals surface area contributed by atoms with Crippen molar-refractivity contribution in [2.45, 2.75) is 19.4 Å². The maximum atomic E-state index is 12.2. The van der Waals surface area contributed by atoms with Crippen molar-refractivity contribution >= 4 is 34.6 Å². The van der Waals surface area contributed by atoms with Crippen molar-refractivity contribution in [1.29, 1.82) is 0 Å².